The molecule has 26 nitrogen and oxygen atoms in total. The number of pyridine rings is 9. The van der Waals surface area contributed by atoms with Crippen LogP contribution in [0.25, 0.3) is 0 Å². The van der Waals surface area contributed by atoms with E-state index in [1.165, 1.54) is 49.2 Å². The van der Waals surface area contributed by atoms with Crippen molar-refractivity contribution in [3.63, 3.8) is 0 Å². The topological polar surface area (TPSA) is 348 Å². The highest BCUT2D eigenvalue weighted by Gasteiger charge is 2.45. The molecule has 1 aliphatic carbocycles. The van der Waals surface area contributed by atoms with E-state index in [-0.39, 0.29) is 121 Å². The zero-order valence-corrected chi connectivity index (χ0v) is 85.3. The van der Waals surface area contributed by atoms with Gasteiger partial charge in [-0.25, -0.2) is 39.1 Å². The van der Waals surface area contributed by atoms with Crippen LogP contribution in [0.3, 0.4) is 0 Å². The smallest absolute Gasteiger partial charge is 0.281 e. The summed E-state index contributed by atoms with van der Waals surface area (Å²) in [5.41, 5.74) is 7.03. The van der Waals surface area contributed by atoms with E-state index in [1.54, 1.807) is 79.3 Å². The number of nitrogens with zero attached hydrogens (tertiary/aromatic N) is 11. The number of anilines is 5. The van der Waals surface area contributed by atoms with Gasteiger partial charge in [-0.2, -0.15) is 47.8 Å². The number of sulfonamides is 3. The Labute approximate surface area is 830 Å². The third-order valence-corrected chi connectivity index (χ3v) is 31.0. The van der Waals surface area contributed by atoms with Crippen LogP contribution >= 0.6 is 0 Å². The number of hydrogen-bond acceptors (Lipinski definition) is 23. The SMILES string of the molecule is CC(C)(C)c1ccnc(C2CC[C@@H]3CN(c4nc(F)c(Cc5ccccc5)cc4C(=O)NS(=O)(=O)c4cccc(n4)N2)C(C)(C)C3)c1.CC(C)(C)c1ccnc(C2CC[C@@H]3CN(c4nc(F)c(Cc5ccccc5)cc4C(=O)NS(=O)(=O)c4cccc(n4)N2)C(C)(C)C3)c1.CC1(C)CC[C@@H](CCC(Nc2cccc(S(=O)(=O)NC(=O)c3cc(Cc4ccccc4)c(F)nc3F)n2)c2cc(C(C)(C)C)ccn2)C1. The molecular formula is C109H125F4N17O9S3. The Morgan fingerprint density at radius 2 is 0.894 bits per heavy atom. The summed E-state index contributed by atoms with van der Waals surface area (Å²) < 4.78 is 148. The van der Waals surface area contributed by atoms with Crippen molar-refractivity contribution in [2.24, 2.45) is 23.2 Å². The maximum Gasteiger partial charge on any atom is 0.281 e. The number of hydrogen-bond donors (Lipinski definition) is 6. The third-order valence-electron chi connectivity index (χ3n) is 27.3. The standard InChI is InChI=1S/C37H43F2N5O3S.2C36H41FN6O3S/c1-36(2,3)27-17-19-40-30(22-27)29(15-14-25-16-18-37(4,5)23-25)41-31-12-9-13-32(42-31)48(46,47)44-35(45)28-21-26(33(38)43-34(28)39)20-24-10-7-6-8-11-24;2*1-35(2,3)26-16-17-38-29(20-26)28-15-14-24-21-36(4,5)43(22-24)33-27(19-25(32(37)41-33)18-23-10-7-6-8-11-23)34(44)42-47(45,46)31-13-9-12-30(39-28)40-31/h6-13,17,19,21-22,25,29H,14-16,18,20,23H2,1-5H3,(H,41,42)(H,44,45);2*6-13,16-17,19-20,24,28H,14-15,18,21-22H2,1-5H3,(H,39,40)(H,42,44)/t25-,29?;2*24-,28?/m100/s1. The summed E-state index contributed by atoms with van der Waals surface area (Å²) in [4.78, 5) is 83.9. The molecule has 5 aliphatic rings. The maximum atomic E-state index is 15.7. The van der Waals surface area contributed by atoms with Crippen LogP contribution in [0.15, 0.2) is 234 Å². The van der Waals surface area contributed by atoms with Gasteiger partial charge in [-0.1, -0.05) is 185 Å². The second-order valence-corrected chi connectivity index (χ2v) is 47.9. The fourth-order valence-electron chi connectivity index (χ4n) is 19.6. The molecule has 12 aromatic rings. The molecule has 17 rings (SSSR count). The van der Waals surface area contributed by atoms with Crippen LogP contribution in [-0.2, 0) is 65.6 Å². The van der Waals surface area contributed by atoms with E-state index >= 15 is 8.78 Å². The van der Waals surface area contributed by atoms with E-state index in [0.717, 1.165) is 95.9 Å². The molecule has 33 heteroatoms. The van der Waals surface area contributed by atoms with Crippen molar-refractivity contribution < 1.29 is 57.2 Å². The average Bonchev–Trinajstić information content (AvgIpc) is 1.59. The molecule has 6 N–H and O–H groups in total. The maximum absolute atomic E-state index is 15.7. The lowest BCUT2D eigenvalue weighted by atomic mass is 9.86. The first-order chi connectivity index (χ1) is 67.0. The molecule has 6 atom stereocenters. The second kappa shape index (κ2) is 41.9. The zero-order chi connectivity index (χ0) is 102. The Morgan fingerprint density at radius 1 is 0.472 bits per heavy atom. The summed E-state index contributed by atoms with van der Waals surface area (Å²) in [5.74, 6) is -4.73. The molecule has 2 saturated heterocycles. The number of nitrogens with one attached hydrogen (secondary N) is 6. The highest BCUT2D eigenvalue weighted by molar-refractivity contribution is 7.90. The van der Waals surface area contributed by atoms with Gasteiger partial charge in [0, 0.05) is 78.7 Å². The summed E-state index contributed by atoms with van der Waals surface area (Å²) in [6.07, 6.45) is 15.6. The highest BCUT2D eigenvalue weighted by Crippen LogP contribution is 2.47. The number of aromatic nitrogens is 9. The molecule has 8 bridgehead atoms. The van der Waals surface area contributed by atoms with E-state index in [0.29, 0.717) is 54.5 Å². The van der Waals surface area contributed by atoms with Gasteiger partial charge in [0.1, 0.15) is 29.1 Å². The van der Waals surface area contributed by atoms with Crippen molar-refractivity contribution in [3.8, 4) is 0 Å². The molecule has 9 aromatic heterocycles. The molecule has 0 radical (unpaired) electrons. The van der Waals surface area contributed by atoms with Gasteiger partial charge in [0.05, 0.1) is 51.9 Å². The lowest BCUT2D eigenvalue weighted by molar-refractivity contribution is 0.0968. The van der Waals surface area contributed by atoms with Crippen molar-refractivity contribution in [1.29, 1.82) is 0 Å². The normalized spacial score (nSPS) is 19.4. The number of rotatable bonds is 17. The third kappa shape index (κ3) is 25.3. The summed E-state index contributed by atoms with van der Waals surface area (Å²) in [6, 6.07) is 56.5. The van der Waals surface area contributed by atoms with Crippen LogP contribution in [-0.4, -0.2) is 112 Å². The zero-order valence-electron chi connectivity index (χ0n) is 82.9. The average molecular weight is 1990 g/mol. The molecule has 13 heterocycles. The van der Waals surface area contributed by atoms with Crippen molar-refractivity contribution in [2.45, 2.75) is 254 Å². The van der Waals surface area contributed by atoms with Crippen molar-refractivity contribution in [3.05, 3.63) is 326 Å². The van der Waals surface area contributed by atoms with Gasteiger partial charge in [0.25, 0.3) is 47.8 Å². The summed E-state index contributed by atoms with van der Waals surface area (Å²) >= 11 is 0. The van der Waals surface area contributed by atoms with Gasteiger partial charge < -0.3 is 25.8 Å². The number of carbonyl (C=O) groups is 3. The molecule has 1 saturated carbocycles. The lowest BCUT2D eigenvalue weighted by Gasteiger charge is -2.34. The van der Waals surface area contributed by atoms with Gasteiger partial charge in [0.15, 0.2) is 15.1 Å². The molecule has 3 amide bonds. The first-order valence-electron chi connectivity index (χ1n) is 48.2. The van der Waals surface area contributed by atoms with Gasteiger partial charge >= 0.3 is 0 Å². The van der Waals surface area contributed by atoms with Crippen LogP contribution in [0.1, 0.15) is 291 Å². The van der Waals surface area contributed by atoms with Crippen LogP contribution in [0.5, 0.6) is 0 Å². The van der Waals surface area contributed by atoms with E-state index < -0.39 is 93.2 Å². The summed E-state index contributed by atoms with van der Waals surface area (Å²) in [5, 5.41) is 9.21. The molecule has 3 aromatic carbocycles. The number of carbonyl (C=O) groups excluding carboxylic acids is 3. The Kier molecular flexibility index (Phi) is 30.5. The lowest BCUT2D eigenvalue weighted by Crippen LogP contribution is -2.41. The van der Waals surface area contributed by atoms with Crippen molar-refractivity contribution >= 4 is 76.9 Å². The largest absolute Gasteiger partial charge is 0.362 e. The van der Waals surface area contributed by atoms with Gasteiger partial charge in [-0.15, -0.1) is 0 Å². The van der Waals surface area contributed by atoms with E-state index in [4.69, 9.17) is 9.97 Å². The van der Waals surface area contributed by atoms with E-state index in [1.807, 2.05) is 121 Å². The van der Waals surface area contributed by atoms with E-state index in [9.17, 15) is 48.4 Å². The second-order valence-electron chi connectivity index (χ2n) is 43.0. The predicted molar refractivity (Wildman–Crippen MR) is 543 cm³/mol. The Hall–Kier alpha value is -13.0. The molecule has 0 spiro atoms. The minimum atomic E-state index is -4.55. The fraction of sp³-hybridized carbons (Fsp3) is 0.394. The van der Waals surface area contributed by atoms with Crippen LogP contribution in [0.2, 0.25) is 0 Å². The molecule has 746 valence electrons. The predicted octanol–water partition coefficient (Wildman–Crippen LogP) is 21.1. The van der Waals surface area contributed by atoms with Crippen molar-refractivity contribution in [2.75, 3.05) is 38.8 Å². The van der Waals surface area contributed by atoms with E-state index in [2.05, 4.69) is 155 Å². The van der Waals surface area contributed by atoms with Gasteiger partial charge in [-0.3, -0.25) is 29.3 Å². The van der Waals surface area contributed by atoms with Crippen LogP contribution < -0.4 is 39.9 Å². The minimum Gasteiger partial charge on any atom is -0.362 e. The summed E-state index contributed by atoms with van der Waals surface area (Å²) in [7, 11) is -13.4. The molecule has 142 heavy (non-hydrogen) atoms. The molecular weight excluding hydrogens is 1860 g/mol. The quantitative estimate of drug-likeness (QED) is 0.0364. The Balaban J connectivity index is 0.000000161. The highest BCUT2D eigenvalue weighted by atomic mass is 32.2. The molecule has 3 fully saturated rings. The first-order valence-corrected chi connectivity index (χ1v) is 52.7. The van der Waals surface area contributed by atoms with Crippen LogP contribution in [0, 0.1) is 47.0 Å². The van der Waals surface area contributed by atoms with Crippen LogP contribution in [0.4, 0.5) is 46.7 Å². The van der Waals surface area contributed by atoms with Gasteiger partial charge in [-0.05, 0) is 262 Å². The van der Waals surface area contributed by atoms with Gasteiger partial charge in [0.2, 0.25) is 23.8 Å². The number of halogens is 4. The minimum absolute atomic E-state index is 0.000135. The molecule has 4 aliphatic heterocycles. The molecule has 3 unspecified atom stereocenters. The Morgan fingerprint density at radius 3 is 1.33 bits per heavy atom. The van der Waals surface area contributed by atoms with Crippen molar-refractivity contribution in [1.82, 2.24) is 59.0 Å². The fourth-order valence-corrected chi connectivity index (χ4v) is 22.4. The number of benzene rings is 3. The number of amides is 3. The summed E-state index contributed by atoms with van der Waals surface area (Å²) in [6.45, 7) is 33.1. The Bertz CT molecular complexity index is 6740. The monoisotopic (exact) mass is 1990 g/mol. The first kappa shape index (κ1) is 103. The number of fused-ring (bicyclic) bond motifs is 12.